The molecule has 0 saturated carbocycles. The van der Waals surface area contributed by atoms with Crippen LogP contribution < -0.4 is 0 Å². The molecule has 0 radical (unpaired) electrons. The molecule has 104 valence electrons. The maximum atomic E-state index is 12.2. The van der Waals surface area contributed by atoms with Gasteiger partial charge in [-0.25, -0.2) is 4.79 Å². The van der Waals surface area contributed by atoms with Crippen molar-refractivity contribution in [2.24, 2.45) is 0 Å². The van der Waals surface area contributed by atoms with Gasteiger partial charge in [-0.05, 0) is 46.5 Å². The summed E-state index contributed by atoms with van der Waals surface area (Å²) in [4.78, 5) is 13.8. The van der Waals surface area contributed by atoms with Crippen LogP contribution in [-0.2, 0) is 4.74 Å². The van der Waals surface area contributed by atoms with Crippen LogP contribution in [0.25, 0.3) is 0 Å². The summed E-state index contributed by atoms with van der Waals surface area (Å²) in [5.74, 6) is 0. The standard InChI is InChI=1S/C13H23NO4/c1-13(2,3)18-12(17)14-8-4-6-10(15)9(14)5-7-11(8)16/h8-11,15-16H,4-7H2,1-3H3. The Hall–Kier alpha value is -0.810. The zero-order chi connectivity index (χ0) is 13.5. The number of carbonyl (C=O) groups excluding carboxylic acids is 1. The van der Waals surface area contributed by atoms with Crippen molar-refractivity contribution in [2.75, 3.05) is 0 Å². The fourth-order valence-electron chi connectivity index (χ4n) is 2.93. The summed E-state index contributed by atoms with van der Waals surface area (Å²) >= 11 is 0. The van der Waals surface area contributed by atoms with E-state index in [1.165, 1.54) is 0 Å². The van der Waals surface area contributed by atoms with Gasteiger partial charge in [-0.2, -0.15) is 0 Å². The van der Waals surface area contributed by atoms with Crippen molar-refractivity contribution in [2.45, 2.75) is 76.3 Å². The maximum absolute atomic E-state index is 12.2. The highest BCUT2D eigenvalue weighted by Gasteiger charge is 2.47. The number of nitrogens with zero attached hydrogens (tertiary/aromatic N) is 1. The maximum Gasteiger partial charge on any atom is 0.410 e. The number of amides is 1. The third kappa shape index (κ3) is 2.62. The van der Waals surface area contributed by atoms with E-state index < -0.39 is 23.9 Å². The van der Waals surface area contributed by atoms with Crippen LogP contribution >= 0.6 is 0 Å². The Balaban J connectivity index is 2.16. The quantitative estimate of drug-likeness (QED) is 0.685. The average molecular weight is 257 g/mol. The zero-order valence-corrected chi connectivity index (χ0v) is 11.3. The van der Waals surface area contributed by atoms with Gasteiger partial charge in [0.05, 0.1) is 24.3 Å². The molecule has 2 aliphatic rings. The Labute approximate surface area is 108 Å². The molecule has 0 spiro atoms. The summed E-state index contributed by atoms with van der Waals surface area (Å²) < 4.78 is 5.38. The number of hydrogen-bond donors (Lipinski definition) is 2. The number of piperidine rings is 2. The largest absolute Gasteiger partial charge is 0.444 e. The van der Waals surface area contributed by atoms with E-state index in [9.17, 15) is 15.0 Å². The molecule has 0 aliphatic carbocycles. The lowest BCUT2D eigenvalue weighted by Gasteiger charge is -2.50. The minimum absolute atomic E-state index is 0.206. The van der Waals surface area contributed by atoms with Crippen LogP contribution in [0.3, 0.4) is 0 Å². The molecule has 0 aromatic rings. The predicted molar refractivity (Wildman–Crippen MR) is 66.1 cm³/mol. The van der Waals surface area contributed by atoms with E-state index in [-0.39, 0.29) is 12.1 Å². The molecule has 5 nitrogen and oxygen atoms in total. The van der Waals surface area contributed by atoms with Crippen molar-refractivity contribution >= 4 is 6.09 Å². The molecule has 0 aromatic carbocycles. The minimum atomic E-state index is -0.557. The van der Waals surface area contributed by atoms with Crippen molar-refractivity contribution < 1.29 is 19.7 Å². The van der Waals surface area contributed by atoms with Gasteiger partial charge < -0.3 is 14.9 Å². The molecule has 2 aliphatic heterocycles. The number of hydrogen-bond acceptors (Lipinski definition) is 4. The van der Waals surface area contributed by atoms with Gasteiger partial charge in [0.2, 0.25) is 0 Å². The first-order valence-electron chi connectivity index (χ1n) is 6.67. The third-order valence-electron chi connectivity index (χ3n) is 3.72. The molecule has 1 amide bonds. The van der Waals surface area contributed by atoms with Crippen LogP contribution in [0.5, 0.6) is 0 Å². The first-order chi connectivity index (χ1) is 8.29. The lowest BCUT2D eigenvalue weighted by atomic mass is 9.81. The number of ether oxygens (including phenoxy) is 1. The van der Waals surface area contributed by atoms with Crippen LogP contribution in [0.15, 0.2) is 0 Å². The van der Waals surface area contributed by atoms with Crippen molar-refractivity contribution in [1.29, 1.82) is 0 Å². The Bertz CT molecular complexity index is 307. The monoisotopic (exact) mass is 257 g/mol. The number of carbonyl (C=O) groups is 1. The van der Waals surface area contributed by atoms with Gasteiger partial charge in [-0.1, -0.05) is 0 Å². The molecule has 2 bridgehead atoms. The highest BCUT2D eigenvalue weighted by molar-refractivity contribution is 5.69. The summed E-state index contributed by atoms with van der Waals surface area (Å²) in [5, 5.41) is 20.0. The second-order valence-corrected chi connectivity index (χ2v) is 6.31. The first kappa shape index (κ1) is 13.6. The van der Waals surface area contributed by atoms with Crippen molar-refractivity contribution in [3.8, 4) is 0 Å². The molecule has 2 heterocycles. The Morgan fingerprint density at radius 3 is 1.89 bits per heavy atom. The predicted octanol–water partition coefficient (Wildman–Crippen LogP) is 1.27. The second-order valence-electron chi connectivity index (χ2n) is 6.31. The Morgan fingerprint density at radius 1 is 1.06 bits per heavy atom. The van der Waals surface area contributed by atoms with Gasteiger partial charge in [0, 0.05) is 0 Å². The van der Waals surface area contributed by atoms with E-state index in [2.05, 4.69) is 0 Å². The molecule has 4 unspecified atom stereocenters. The zero-order valence-electron chi connectivity index (χ0n) is 11.3. The Kier molecular flexibility index (Phi) is 3.56. The van der Waals surface area contributed by atoms with Crippen LogP contribution in [0, 0.1) is 0 Å². The van der Waals surface area contributed by atoms with Gasteiger partial charge in [0.1, 0.15) is 5.60 Å². The van der Waals surface area contributed by atoms with Gasteiger partial charge in [0.15, 0.2) is 0 Å². The van der Waals surface area contributed by atoms with E-state index in [0.29, 0.717) is 25.7 Å². The summed E-state index contributed by atoms with van der Waals surface area (Å²) in [5.41, 5.74) is -0.557. The lowest BCUT2D eigenvalue weighted by Crippen LogP contribution is -2.63. The first-order valence-corrected chi connectivity index (χ1v) is 6.67. The normalized spacial score (nSPS) is 36.4. The second kappa shape index (κ2) is 4.70. The molecule has 0 aromatic heterocycles. The van der Waals surface area contributed by atoms with E-state index in [1.54, 1.807) is 4.90 Å². The van der Waals surface area contributed by atoms with Gasteiger partial charge >= 0.3 is 6.09 Å². The van der Waals surface area contributed by atoms with Crippen molar-refractivity contribution in [1.82, 2.24) is 4.90 Å². The number of aliphatic hydroxyl groups is 2. The summed E-state index contributed by atoms with van der Waals surface area (Å²) in [6.07, 6.45) is 1.14. The van der Waals surface area contributed by atoms with Crippen LogP contribution in [0.1, 0.15) is 46.5 Å². The molecule has 4 atom stereocenters. The molecule has 2 fully saturated rings. The van der Waals surface area contributed by atoms with Crippen LogP contribution in [-0.4, -0.2) is 51.1 Å². The molecule has 18 heavy (non-hydrogen) atoms. The molecule has 2 saturated heterocycles. The van der Waals surface area contributed by atoms with Gasteiger partial charge in [0.25, 0.3) is 0 Å². The fourth-order valence-corrected chi connectivity index (χ4v) is 2.93. The number of fused-ring (bicyclic) bond motifs is 2. The van der Waals surface area contributed by atoms with Crippen LogP contribution in [0.2, 0.25) is 0 Å². The lowest BCUT2D eigenvalue weighted by molar-refractivity contribution is -0.0981. The average Bonchev–Trinajstić information content (AvgIpc) is 2.23. The molecule has 5 heteroatoms. The van der Waals surface area contributed by atoms with Crippen molar-refractivity contribution in [3.63, 3.8) is 0 Å². The smallest absolute Gasteiger partial charge is 0.410 e. The topological polar surface area (TPSA) is 70.0 Å². The number of aliphatic hydroxyl groups excluding tert-OH is 2. The molecular formula is C13H23NO4. The van der Waals surface area contributed by atoms with E-state index in [4.69, 9.17) is 4.74 Å². The molecule has 2 rings (SSSR count). The van der Waals surface area contributed by atoms with Gasteiger partial charge in [-0.15, -0.1) is 0 Å². The Morgan fingerprint density at radius 2 is 1.50 bits per heavy atom. The van der Waals surface area contributed by atoms with E-state index >= 15 is 0 Å². The summed E-state index contributed by atoms with van der Waals surface area (Å²) in [7, 11) is 0. The van der Waals surface area contributed by atoms with Crippen LogP contribution in [0.4, 0.5) is 4.79 Å². The highest BCUT2D eigenvalue weighted by Crippen LogP contribution is 2.35. The van der Waals surface area contributed by atoms with Crippen molar-refractivity contribution in [3.05, 3.63) is 0 Å². The molecular weight excluding hydrogens is 234 g/mol. The summed E-state index contributed by atoms with van der Waals surface area (Å²) in [6, 6.07) is -0.413. The van der Waals surface area contributed by atoms with E-state index in [0.717, 1.165) is 0 Å². The third-order valence-corrected chi connectivity index (χ3v) is 3.72. The fraction of sp³-hybridized carbons (Fsp3) is 0.923. The SMILES string of the molecule is CC(C)(C)OC(=O)N1C2CCC(O)C1CCC2O. The highest BCUT2D eigenvalue weighted by atomic mass is 16.6. The summed E-state index contributed by atoms with van der Waals surface area (Å²) in [6.45, 7) is 5.45. The van der Waals surface area contributed by atoms with E-state index in [1.807, 2.05) is 20.8 Å². The number of rotatable bonds is 0. The van der Waals surface area contributed by atoms with Gasteiger partial charge in [-0.3, -0.25) is 4.90 Å². The molecule has 2 N–H and O–H groups in total. The minimum Gasteiger partial charge on any atom is -0.444 e.